The van der Waals surface area contributed by atoms with Crippen LogP contribution in [0.5, 0.6) is 11.5 Å². The maximum absolute atomic E-state index is 12.8. The highest BCUT2D eigenvalue weighted by molar-refractivity contribution is 6.07. The third-order valence-corrected chi connectivity index (χ3v) is 6.49. The molecule has 0 unspecified atom stereocenters. The second-order valence-electron chi connectivity index (χ2n) is 9.91. The number of hydrogen-bond donors (Lipinski definition) is 1. The second-order valence-corrected chi connectivity index (χ2v) is 9.91. The summed E-state index contributed by atoms with van der Waals surface area (Å²) in [5, 5.41) is 10.2. The lowest BCUT2D eigenvalue weighted by Crippen LogP contribution is -1.99. The Morgan fingerprint density at radius 3 is 2.08 bits per heavy atom. The van der Waals surface area contributed by atoms with Crippen molar-refractivity contribution >= 4 is 5.78 Å². The van der Waals surface area contributed by atoms with Crippen molar-refractivity contribution in [3.63, 3.8) is 0 Å². The largest absolute Gasteiger partial charge is 0.507 e. The molecule has 0 aliphatic carbocycles. The predicted molar refractivity (Wildman–Crippen MR) is 159 cm³/mol. The van der Waals surface area contributed by atoms with E-state index in [0.29, 0.717) is 19.0 Å². The van der Waals surface area contributed by atoms with Crippen LogP contribution in [0.1, 0.15) is 79.8 Å². The van der Waals surface area contributed by atoms with Crippen LogP contribution in [-0.2, 0) is 18.0 Å². The molecule has 0 aromatic heterocycles. The maximum Gasteiger partial charge on any atom is 0.189 e. The van der Waals surface area contributed by atoms with E-state index in [1.165, 1.54) is 43.7 Å². The molecule has 39 heavy (non-hydrogen) atoms. The molecule has 0 saturated heterocycles. The van der Waals surface area contributed by atoms with Crippen LogP contribution < -0.4 is 4.74 Å². The number of unbranched alkanes of at least 4 members (excludes halogenated alkanes) is 7. The minimum absolute atomic E-state index is 0.0419. The number of aromatic hydroxyl groups is 1. The standard InChI is InChI=1S/C35H42O4/c1-29(17-11-7-5-3-2-4-6-8-16-24-38-27-30-18-12-9-13-19-30)25-35(37)33-26-32(22-23-34(33)36)39-28-31-20-14-10-15-21-31/h9-15,17-23,25-26,36H,2-8,16,24,27-28H2,1H3. The van der Waals surface area contributed by atoms with Gasteiger partial charge in [0.15, 0.2) is 5.78 Å². The van der Waals surface area contributed by atoms with Crippen LogP contribution in [0.25, 0.3) is 0 Å². The summed E-state index contributed by atoms with van der Waals surface area (Å²) in [5.74, 6) is 0.281. The van der Waals surface area contributed by atoms with Gasteiger partial charge in [0, 0.05) is 6.61 Å². The Bertz CT molecular complexity index is 1170. The molecule has 0 spiro atoms. The van der Waals surface area contributed by atoms with Crippen LogP contribution in [0.2, 0.25) is 0 Å². The molecular weight excluding hydrogens is 484 g/mol. The van der Waals surface area contributed by atoms with Gasteiger partial charge in [-0.05, 0) is 67.2 Å². The molecule has 4 heteroatoms. The molecule has 3 rings (SSSR count). The Labute approximate surface area is 234 Å². The molecule has 1 N–H and O–H groups in total. The van der Waals surface area contributed by atoms with Gasteiger partial charge in [-0.25, -0.2) is 0 Å². The molecule has 0 aliphatic rings. The van der Waals surface area contributed by atoms with Crippen LogP contribution >= 0.6 is 0 Å². The van der Waals surface area contributed by atoms with Crippen molar-refractivity contribution in [3.8, 4) is 11.5 Å². The van der Waals surface area contributed by atoms with Gasteiger partial charge in [-0.15, -0.1) is 0 Å². The van der Waals surface area contributed by atoms with E-state index >= 15 is 0 Å². The number of benzene rings is 3. The number of phenols is 1. The molecule has 0 heterocycles. The lowest BCUT2D eigenvalue weighted by molar-refractivity contribution is 0.104. The van der Waals surface area contributed by atoms with E-state index in [-0.39, 0.29) is 17.1 Å². The number of ketones is 1. The molecule has 0 aliphatic heterocycles. The molecule has 0 amide bonds. The molecule has 3 aromatic carbocycles. The van der Waals surface area contributed by atoms with Gasteiger partial charge in [0.25, 0.3) is 0 Å². The highest BCUT2D eigenvalue weighted by Crippen LogP contribution is 2.25. The fraction of sp³-hybridized carbons (Fsp3) is 0.343. The molecule has 0 atom stereocenters. The molecule has 206 valence electrons. The monoisotopic (exact) mass is 526 g/mol. The summed E-state index contributed by atoms with van der Waals surface area (Å²) in [6.07, 6.45) is 15.2. The lowest BCUT2D eigenvalue weighted by atomic mass is 10.1. The zero-order valence-corrected chi connectivity index (χ0v) is 23.2. The van der Waals surface area contributed by atoms with Gasteiger partial charge < -0.3 is 14.6 Å². The highest BCUT2D eigenvalue weighted by Gasteiger charge is 2.11. The van der Waals surface area contributed by atoms with Crippen molar-refractivity contribution in [2.24, 2.45) is 0 Å². The van der Waals surface area contributed by atoms with Gasteiger partial charge >= 0.3 is 0 Å². The van der Waals surface area contributed by atoms with Crippen LogP contribution in [0.3, 0.4) is 0 Å². The summed E-state index contributed by atoms with van der Waals surface area (Å²) in [6.45, 7) is 3.85. The van der Waals surface area contributed by atoms with E-state index in [4.69, 9.17) is 9.47 Å². The van der Waals surface area contributed by atoms with Gasteiger partial charge in [0.1, 0.15) is 18.1 Å². The summed E-state index contributed by atoms with van der Waals surface area (Å²) < 4.78 is 11.5. The van der Waals surface area contributed by atoms with Crippen molar-refractivity contribution in [2.45, 2.75) is 71.5 Å². The maximum atomic E-state index is 12.8. The Morgan fingerprint density at radius 2 is 1.38 bits per heavy atom. The first-order valence-electron chi connectivity index (χ1n) is 14.1. The minimum atomic E-state index is -0.231. The van der Waals surface area contributed by atoms with E-state index in [1.54, 1.807) is 18.2 Å². The summed E-state index contributed by atoms with van der Waals surface area (Å²) in [5.41, 5.74) is 3.39. The van der Waals surface area contributed by atoms with Gasteiger partial charge in [-0.1, -0.05) is 105 Å². The summed E-state index contributed by atoms with van der Waals surface area (Å²) in [4.78, 5) is 12.8. The van der Waals surface area contributed by atoms with E-state index in [2.05, 4.69) is 18.2 Å². The molecule has 3 aromatic rings. The first-order valence-corrected chi connectivity index (χ1v) is 14.1. The minimum Gasteiger partial charge on any atom is -0.507 e. The van der Waals surface area contributed by atoms with Crippen LogP contribution in [0, 0.1) is 0 Å². The van der Waals surface area contributed by atoms with Crippen molar-refractivity contribution < 1.29 is 19.4 Å². The zero-order chi connectivity index (χ0) is 27.5. The highest BCUT2D eigenvalue weighted by atomic mass is 16.5. The number of hydrogen-bond acceptors (Lipinski definition) is 4. The quantitative estimate of drug-likeness (QED) is 0.0777. The Hall–Kier alpha value is -3.63. The number of ether oxygens (including phenoxy) is 2. The number of rotatable bonds is 18. The molecule has 0 radical (unpaired) electrons. The van der Waals surface area contributed by atoms with Crippen LogP contribution in [0.4, 0.5) is 0 Å². The van der Waals surface area contributed by atoms with E-state index in [0.717, 1.165) is 37.0 Å². The normalized spacial score (nSPS) is 11.7. The molecule has 0 saturated carbocycles. The number of carbonyl (C=O) groups is 1. The van der Waals surface area contributed by atoms with Crippen LogP contribution in [0.15, 0.2) is 103 Å². The van der Waals surface area contributed by atoms with E-state index in [1.807, 2.05) is 61.5 Å². The lowest BCUT2D eigenvalue weighted by Gasteiger charge is -2.08. The van der Waals surface area contributed by atoms with E-state index < -0.39 is 0 Å². The van der Waals surface area contributed by atoms with Gasteiger partial charge in [-0.2, -0.15) is 0 Å². The SMILES string of the molecule is CC(C=CCCCCCCCCCOCc1ccccc1)=CC(=O)c1cc(OCc2ccccc2)ccc1O. The van der Waals surface area contributed by atoms with E-state index in [9.17, 15) is 9.90 Å². The number of carbonyl (C=O) groups excluding carboxylic acids is 1. The average Bonchev–Trinajstić information content (AvgIpc) is 2.96. The second kappa shape index (κ2) is 17.8. The fourth-order valence-electron chi connectivity index (χ4n) is 4.26. The summed E-state index contributed by atoms with van der Waals surface area (Å²) in [7, 11) is 0. The summed E-state index contributed by atoms with van der Waals surface area (Å²) in [6, 6.07) is 24.9. The molecule has 0 fully saturated rings. The van der Waals surface area contributed by atoms with Gasteiger partial charge in [0.2, 0.25) is 0 Å². The van der Waals surface area contributed by atoms with Gasteiger partial charge in [-0.3, -0.25) is 4.79 Å². The van der Waals surface area contributed by atoms with Crippen molar-refractivity contribution in [2.75, 3.05) is 6.61 Å². The molecule has 4 nitrogen and oxygen atoms in total. The average molecular weight is 527 g/mol. The number of allylic oxidation sites excluding steroid dienone is 4. The first-order chi connectivity index (χ1) is 19.1. The Kier molecular flexibility index (Phi) is 13.7. The first kappa shape index (κ1) is 29.9. The Morgan fingerprint density at radius 1 is 0.769 bits per heavy atom. The molecule has 0 bridgehead atoms. The van der Waals surface area contributed by atoms with Crippen molar-refractivity contribution in [1.29, 1.82) is 0 Å². The zero-order valence-electron chi connectivity index (χ0n) is 23.2. The summed E-state index contributed by atoms with van der Waals surface area (Å²) >= 11 is 0. The molecular formula is C35H42O4. The van der Waals surface area contributed by atoms with Gasteiger partial charge in [0.05, 0.1) is 12.2 Å². The number of phenolic OH excluding ortho intramolecular Hbond substituents is 1. The van der Waals surface area contributed by atoms with Crippen molar-refractivity contribution in [3.05, 3.63) is 119 Å². The topological polar surface area (TPSA) is 55.8 Å². The van der Waals surface area contributed by atoms with Crippen LogP contribution in [-0.4, -0.2) is 17.5 Å². The third kappa shape index (κ3) is 12.2. The predicted octanol–water partition coefficient (Wildman–Crippen LogP) is 8.99. The smallest absolute Gasteiger partial charge is 0.189 e. The third-order valence-electron chi connectivity index (χ3n) is 6.49. The Balaban J connectivity index is 1.26. The fourth-order valence-corrected chi connectivity index (χ4v) is 4.26. The van der Waals surface area contributed by atoms with Crippen molar-refractivity contribution in [1.82, 2.24) is 0 Å².